The van der Waals surface area contributed by atoms with Crippen molar-refractivity contribution in [1.29, 1.82) is 0 Å². The molecule has 1 heteroatoms. The Morgan fingerprint density at radius 2 is 2.00 bits per heavy atom. The summed E-state index contributed by atoms with van der Waals surface area (Å²) < 4.78 is 0. The van der Waals surface area contributed by atoms with Crippen molar-refractivity contribution in [1.82, 2.24) is 0 Å². The molecule has 0 aliphatic carbocycles. The Kier molecular flexibility index (Phi) is 6.28. The summed E-state index contributed by atoms with van der Waals surface area (Å²) in [7, 11) is 0. The van der Waals surface area contributed by atoms with Gasteiger partial charge >= 0.3 is 0 Å². The summed E-state index contributed by atoms with van der Waals surface area (Å²) in [5, 5.41) is 0. The van der Waals surface area contributed by atoms with Gasteiger partial charge in [-0.2, -0.15) is 0 Å². The third kappa shape index (κ3) is 8.09. The molecule has 0 rings (SSSR count). The molecule has 0 unspecified atom stereocenters. The highest BCUT2D eigenvalue weighted by molar-refractivity contribution is 7.84. The number of allylic oxidation sites excluding steroid dienone is 1. The molecule has 0 N–H and O–H groups in total. The lowest BCUT2D eigenvalue weighted by molar-refractivity contribution is 0.673. The van der Waals surface area contributed by atoms with Gasteiger partial charge in [0, 0.05) is 0 Å². The maximum absolute atomic E-state index is 4.11. The second kappa shape index (κ2) is 6.21. The molecule has 0 radical (unpaired) electrons. The Labute approximate surface area is 63.8 Å². The first-order valence-electron chi connectivity index (χ1n) is 3.64. The van der Waals surface area contributed by atoms with Crippen LogP contribution in [0.25, 0.3) is 0 Å². The smallest absolute Gasteiger partial charge is 0.0227 e. The van der Waals surface area contributed by atoms with Crippen LogP contribution in [0.5, 0.6) is 0 Å². The third-order valence-corrected chi connectivity index (χ3v) is 1.54. The molecule has 0 fully saturated rings. The summed E-state index contributed by atoms with van der Waals surface area (Å²) in [5.74, 6) is 0. The molecule has 0 spiro atoms. The van der Waals surface area contributed by atoms with Crippen LogP contribution in [0.3, 0.4) is 0 Å². The average Bonchev–Trinajstić information content (AvgIpc) is 1.80. The van der Waals surface area contributed by atoms with Gasteiger partial charge in [0.15, 0.2) is 0 Å². The third-order valence-electron chi connectivity index (χ3n) is 1.32. The molecule has 0 aromatic carbocycles. The van der Waals surface area contributed by atoms with Gasteiger partial charge in [-0.3, -0.25) is 0 Å². The number of rotatable bonds is 5. The quantitative estimate of drug-likeness (QED) is 0.443. The van der Waals surface area contributed by atoms with Crippen molar-refractivity contribution in [3.8, 4) is 0 Å². The average molecular weight is 144 g/mol. The number of hydrogen-bond acceptors (Lipinski definition) is 1. The normalized spacial score (nSPS) is 9.56. The van der Waals surface area contributed by atoms with Gasteiger partial charge in [-0.25, -0.2) is 0 Å². The minimum absolute atomic E-state index is 1.02. The summed E-state index contributed by atoms with van der Waals surface area (Å²) in [5.41, 5.74) is 0. The zero-order chi connectivity index (χ0) is 7.11. The highest BCUT2D eigenvalue weighted by Gasteiger charge is 1.87. The number of hydrogen-bond donors (Lipinski definition) is 1. The summed E-state index contributed by atoms with van der Waals surface area (Å²) in [6, 6.07) is 0. The first-order chi connectivity index (χ1) is 4.27. The van der Waals surface area contributed by atoms with Crippen molar-refractivity contribution in [3.05, 3.63) is 11.5 Å². The molecule has 0 aromatic rings. The summed E-state index contributed by atoms with van der Waals surface area (Å²) in [6.07, 6.45) is 6.33. The fourth-order valence-corrected chi connectivity index (χ4v) is 0.914. The van der Waals surface area contributed by atoms with E-state index in [9.17, 15) is 0 Å². The SMILES string of the molecule is C=C(S)CCCCCC. The van der Waals surface area contributed by atoms with Gasteiger partial charge in [-0.15, -0.1) is 12.6 Å². The molecule has 0 amide bonds. The van der Waals surface area contributed by atoms with Crippen LogP contribution in [-0.2, 0) is 0 Å². The maximum Gasteiger partial charge on any atom is -0.0227 e. The first kappa shape index (κ1) is 9.09. The van der Waals surface area contributed by atoms with Crippen LogP contribution >= 0.6 is 12.6 Å². The second-order valence-electron chi connectivity index (χ2n) is 2.38. The van der Waals surface area contributed by atoms with Crippen molar-refractivity contribution in [3.63, 3.8) is 0 Å². The summed E-state index contributed by atoms with van der Waals surface area (Å²) >= 11 is 4.11. The molecule has 54 valence electrons. The van der Waals surface area contributed by atoms with E-state index in [0.717, 1.165) is 11.3 Å². The predicted octanol–water partition coefficient (Wildman–Crippen LogP) is 3.40. The molecule has 0 nitrogen and oxygen atoms in total. The molecule has 0 aliphatic heterocycles. The molecule has 0 saturated carbocycles. The van der Waals surface area contributed by atoms with E-state index < -0.39 is 0 Å². The monoisotopic (exact) mass is 144 g/mol. The Hall–Kier alpha value is 0.0900. The Morgan fingerprint density at radius 3 is 2.44 bits per heavy atom. The van der Waals surface area contributed by atoms with Crippen LogP contribution in [0.15, 0.2) is 11.5 Å². The topological polar surface area (TPSA) is 0 Å². The van der Waals surface area contributed by atoms with E-state index in [-0.39, 0.29) is 0 Å². The standard InChI is InChI=1S/C8H16S/c1-3-4-5-6-7-8(2)9/h9H,2-7H2,1H3. The van der Waals surface area contributed by atoms with Crippen LogP contribution < -0.4 is 0 Å². The van der Waals surface area contributed by atoms with Gasteiger partial charge in [0.1, 0.15) is 0 Å². The fourth-order valence-electron chi connectivity index (χ4n) is 0.756. The van der Waals surface area contributed by atoms with Gasteiger partial charge in [0.25, 0.3) is 0 Å². The fraction of sp³-hybridized carbons (Fsp3) is 0.750. The van der Waals surface area contributed by atoms with Crippen molar-refractivity contribution >= 4 is 12.6 Å². The highest BCUT2D eigenvalue weighted by Crippen LogP contribution is 2.10. The zero-order valence-corrected chi connectivity index (χ0v) is 7.08. The molecule has 9 heavy (non-hydrogen) atoms. The molecule has 0 saturated heterocycles. The van der Waals surface area contributed by atoms with E-state index in [4.69, 9.17) is 0 Å². The van der Waals surface area contributed by atoms with Crippen LogP contribution in [0.2, 0.25) is 0 Å². The maximum atomic E-state index is 4.11. The lowest BCUT2D eigenvalue weighted by Gasteiger charge is -1.96. The molecule has 0 heterocycles. The van der Waals surface area contributed by atoms with Gasteiger partial charge in [-0.05, 0) is 17.7 Å². The van der Waals surface area contributed by atoms with E-state index in [1.165, 1.54) is 25.7 Å². The van der Waals surface area contributed by atoms with E-state index in [1.807, 2.05) is 0 Å². The Balaban J connectivity index is 2.83. The minimum atomic E-state index is 1.02. The lowest BCUT2D eigenvalue weighted by Crippen LogP contribution is -1.75. The molecule has 0 aromatic heterocycles. The zero-order valence-electron chi connectivity index (χ0n) is 6.19. The lowest BCUT2D eigenvalue weighted by atomic mass is 10.1. The molecular weight excluding hydrogens is 128 g/mol. The van der Waals surface area contributed by atoms with Gasteiger partial charge in [0.05, 0.1) is 0 Å². The Morgan fingerprint density at radius 1 is 1.33 bits per heavy atom. The summed E-state index contributed by atoms with van der Waals surface area (Å²) in [4.78, 5) is 1.02. The second-order valence-corrected chi connectivity index (χ2v) is 3.01. The predicted molar refractivity (Wildman–Crippen MR) is 46.9 cm³/mol. The van der Waals surface area contributed by atoms with Crippen molar-refractivity contribution in [2.75, 3.05) is 0 Å². The molecule has 0 aliphatic rings. The van der Waals surface area contributed by atoms with E-state index in [1.54, 1.807) is 0 Å². The van der Waals surface area contributed by atoms with E-state index >= 15 is 0 Å². The number of unbranched alkanes of at least 4 members (excludes halogenated alkanes) is 3. The van der Waals surface area contributed by atoms with Crippen LogP contribution in [-0.4, -0.2) is 0 Å². The Bertz CT molecular complexity index is 76.6. The number of thiol groups is 1. The van der Waals surface area contributed by atoms with Gasteiger partial charge in [-0.1, -0.05) is 32.8 Å². The molecule has 0 bridgehead atoms. The largest absolute Gasteiger partial charge is 0.149 e. The van der Waals surface area contributed by atoms with Crippen LogP contribution in [0.4, 0.5) is 0 Å². The van der Waals surface area contributed by atoms with Crippen LogP contribution in [0.1, 0.15) is 39.0 Å². The van der Waals surface area contributed by atoms with Crippen molar-refractivity contribution < 1.29 is 0 Å². The summed E-state index contributed by atoms with van der Waals surface area (Å²) in [6.45, 7) is 5.93. The first-order valence-corrected chi connectivity index (χ1v) is 4.09. The van der Waals surface area contributed by atoms with Crippen molar-refractivity contribution in [2.24, 2.45) is 0 Å². The van der Waals surface area contributed by atoms with Gasteiger partial charge in [0.2, 0.25) is 0 Å². The highest BCUT2D eigenvalue weighted by atomic mass is 32.1. The molecular formula is C8H16S. The van der Waals surface area contributed by atoms with E-state index in [0.29, 0.717) is 0 Å². The van der Waals surface area contributed by atoms with Gasteiger partial charge < -0.3 is 0 Å². The van der Waals surface area contributed by atoms with Crippen LogP contribution in [0, 0.1) is 0 Å². The molecule has 0 atom stereocenters. The van der Waals surface area contributed by atoms with Crippen molar-refractivity contribution in [2.45, 2.75) is 39.0 Å². The van der Waals surface area contributed by atoms with E-state index in [2.05, 4.69) is 26.1 Å². The minimum Gasteiger partial charge on any atom is -0.149 e.